The number of carbonyl (C=O) groups is 1. The van der Waals surface area contributed by atoms with Crippen LogP contribution in [0.4, 0.5) is 5.82 Å². The monoisotopic (exact) mass is 227 g/mol. The maximum atomic E-state index is 11.1. The molecule has 0 spiro atoms. The molecule has 0 saturated heterocycles. The van der Waals surface area contributed by atoms with E-state index < -0.39 is 6.04 Å². The first-order valence-corrected chi connectivity index (χ1v) is 5.06. The molecule has 4 nitrogen and oxygen atoms in total. The van der Waals surface area contributed by atoms with Gasteiger partial charge in [0.2, 0.25) is 5.91 Å². The van der Waals surface area contributed by atoms with E-state index in [0.29, 0.717) is 10.8 Å². The summed E-state index contributed by atoms with van der Waals surface area (Å²) in [6.45, 7) is 3.83. The first-order chi connectivity index (χ1) is 7.00. The minimum absolute atomic E-state index is 0.111. The number of primary amides is 1. The Morgan fingerprint density at radius 3 is 2.60 bits per heavy atom. The number of nitrogens with one attached hydrogen (secondary N) is 1. The number of nitrogens with zero attached hydrogens (tertiary/aromatic N) is 1. The quantitative estimate of drug-likeness (QED) is 0.822. The minimum Gasteiger partial charge on any atom is -0.368 e. The number of hydrogen-bond donors (Lipinski definition) is 2. The molecule has 3 N–H and O–H groups in total. The molecule has 5 heteroatoms. The van der Waals surface area contributed by atoms with Crippen molar-refractivity contribution in [1.82, 2.24) is 4.98 Å². The summed E-state index contributed by atoms with van der Waals surface area (Å²) in [6, 6.07) is 2.99. The smallest absolute Gasteiger partial charge is 0.240 e. The van der Waals surface area contributed by atoms with Crippen molar-refractivity contribution in [2.45, 2.75) is 19.9 Å². The van der Waals surface area contributed by atoms with Crippen molar-refractivity contribution in [2.75, 3.05) is 5.32 Å². The van der Waals surface area contributed by atoms with Gasteiger partial charge in [0.25, 0.3) is 0 Å². The summed E-state index contributed by atoms with van der Waals surface area (Å²) >= 11 is 5.69. The van der Waals surface area contributed by atoms with Gasteiger partial charge in [-0.15, -0.1) is 0 Å². The number of pyridine rings is 1. The van der Waals surface area contributed by atoms with E-state index in [-0.39, 0.29) is 11.8 Å². The van der Waals surface area contributed by atoms with Crippen LogP contribution in [-0.2, 0) is 4.79 Å². The van der Waals surface area contributed by atoms with Gasteiger partial charge in [-0.3, -0.25) is 4.79 Å². The molecule has 0 radical (unpaired) electrons. The molecular weight excluding hydrogens is 214 g/mol. The van der Waals surface area contributed by atoms with Crippen molar-refractivity contribution in [3.05, 3.63) is 23.4 Å². The van der Waals surface area contributed by atoms with Crippen LogP contribution in [0.5, 0.6) is 0 Å². The number of aromatic nitrogens is 1. The summed E-state index contributed by atoms with van der Waals surface area (Å²) in [4.78, 5) is 15.2. The molecule has 82 valence electrons. The van der Waals surface area contributed by atoms with Crippen molar-refractivity contribution in [2.24, 2.45) is 11.7 Å². The Balaban J connectivity index is 2.74. The minimum atomic E-state index is -0.418. The fourth-order valence-electron chi connectivity index (χ4n) is 1.19. The fourth-order valence-corrected chi connectivity index (χ4v) is 1.30. The Kier molecular flexibility index (Phi) is 3.91. The first-order valence-electron chi connectivity index (χ1n) is 4.68. The third kappa shape index (κ3) is 3.40. The number of halogens is 1. The van der Waals surface area contributed by atoms with Crippen LogP contribution in [0, 0.1) is 5.92 Å². The molecule has 0 bridgehead atoms. The molecule has 1 unspecified atom stereocenters. The number of nitrogens with two attached hydrogens (primary N) is 1. The molecule has 1 rings (SSSR count). The normalized spacial score (nSPS) is 12.5. The third-order valence-electron chi connectivity index (χ3n) is 2.00. The second-order valence-corrected chi connectivity index (χ2v) is 4.07. The van der Waals surface area contributed by atoms with Gasteiger partial charge in [0.15, 0.2) is 0 Å². The molecule has 0 aliphatic heterocycles. The van der Waals surface area contributed by atoms with Gasteiger partial charge in [-0.05, 0) is 18.1 Å². The molecule has 0 aliphatic carbocycles. The van der Waals surface area contributed by atoms with Crippen molar-refractivity contribution >= 4 is 23.3 Å². The highest BCUT2D eigenvalue weighted by molar-refractivity contribution is 6.30. The summed E-state index contributed by atoms with van der Waals surface area (Å²) in [5, 5.41) is 3.52. The number of hydrogen-bond acceptors (Lipinski definition) is 3. The highest BCUT2D eigenvalue weighted by atomic mass is 35.5. The van der Waals surface area contributed by atoms with Crippen LogP contribution in [0.1, 0.15) is 13.8 Å². The van der Waals surface area contributed by atoms with Gasteiger partial charge >= 0.3 is 0 Å². The molecule has 1 atom stereocenters. The van der Waals surface area contributed by atoms with Gasteiger partial charge in [-0.25, -0.2) is 4.98 Å². The lowest BCUT2D eigenvalue weighted by Gasteiger charge is -2.19. The molecule has 1 aromatic heterocycles. The van der Waals surface area contributed by atoms with E-state index in [4.69, 9.17) is 17.3 Å². The second-order valence-electron chi connectivity index (χ2n) is 3.63. The number of rotatable bonds is 4. The van der Waals surface area contributed by atoms with Gasteiger partial charge in [-0.2, -0.15) is 0 Å². The summed E-state index contributed by atoms with van der Waals surface area (Å²) in [7, 11) is 0. The van der Waals surface area contributed by atoms with E-state index in [1.165, 1.54) is 6.20 Å². The fraction of sp³-hybridized carbons (Fsp3) is 0.400. The molecule has 1 heterocycles. The van der Waals surface area contributed by atoms with Gasteiger partial charge in [-0.1, -0.05) is 25.4 Å². The average Bonchev–Trinajstić information content (AvgIpc) is 2.15. The summed E-state index contributed by atoms with van der Waals surface area (Å²) in [5.41, 5.74) is 5.26. The van der Waals surface area contributed by atoms with Crippen molar-refractivity contribution in [1.29, 1.82) is 0 Å². The molecule has 0 aromatic carbocycles. The Morgan fingerprint density at radius 2 is 2.20 bits per heavy atom. The Labute approximate surface area is 93.8 Å². The number of amides is 1. The lowest BCUT2D eigenvalue weighted by molar-refractivity contribution is -0.119. The van der Waals surface area contributed by atoms with Gasteiger partial charge < -0.3 is 11.1 Å². The van der Waals surface area contributed by atoms with Crippen LogP contribution in [0.25, 0.3) is 0 Å². The maximum absolute atomic E-state index is 11.1. The second kappa shape index (κ2) is 4.98. The van der Waals surface area contributed by atoms with Crippen LogP contribution in [0.15, 0.2) is 18.3 Å². The van der Waals surface area contributed by atoms with Crippen LogP contribution in [-0.4, -0.2) is 16.9 Å². The first kappa shape index (κ1) is 11.8. The number of carbonyl (C=O) groups excluding carboxylic acids is 1. The van der Waals surface area contributed by atoms with Crippen LogP contribution < -0.4 is 11.1 Å². The molecule has 1 aromatic rings. The number of anilines is 1. The SMILES string of the molecule is CC(C)C(Nc1ccc(Cl)cn1)C(N)=O. The van der Waals surface area contributed by atoms with Crippen LogP contribution >= 0.6 is 11.6 Å². The van der Waals surface area contributed by atoms with Gasteiger partial charge in [0, 0.05) is 6.20 Å². The van der Waals surface area contributed by atoms with E-state index in [9.17, 15) is 4.79 Å². The zero-order chi connectivity index (χ0) is 11.4. The molecule has 0 aliphatic rings. The van der Waals surface area contributed by atoms with Crippen LogP contribution in [0.3, 0.4) is 0 Å². The maximum Gasteiger partial charge on any atom is 0.240 e. The molecule has 15 heavy (non-hydrogen) atoms. The standard InChI is InChI=1S/C10H14ClN3O/c1-6(2)9(10(12)15)14-8-4-3-7(11)5-13-8/h3-6,9H,1-2H3,(H2,12,15)(H,13,14). The van der Waals surface area contributed by atoms with E-state index in [1.807, 2.05) is 13.8 Å². The van der Waals surface area contributed by atoms with E-state index in [0.717, 1.165) is 0 Å². The van der Waals surface area contributed by atoms with E-state index in [1.54, 1.807) is 12.1 Å². The zero-order valence-corrected chi connectivity index (χ0v) is 9.45. The van der Waals surface area contributed by atoms with E-state index in [2.05, 4.69) is 10.3 Å². The van der Waals surface area contributed by atoms with Gasteiger partial charge in [0.1, 0.15) is 11.9 Å². The van der Waals surface area contributed by atoms with E-state index >= 15 is 0 Å². The largest absolute Gasteiger partial charge is 0.368 e. The van der Waals surface area contributed by atoms with Gasteiger partial charge in [0.05, 0.1) is 5.02 Å². The van der Waals surface area contributed by atoms with Crippen molar-refractivity contribution < 1.29 is 4.79 Å². The molecule has 0 saturated carbocycles. The highest BCUT2D eigenvalue weighted by Crippen LogP contribution is 2.13. The lowest BCUT2D eigenvalue weighted by atomic mass is 10.0. The Hall–Kier alpha value is -1.29. The highest BCUT2D eigenvalue weighted by Gasteiger charge is 2.19. The molecule has 0 fully saturated rings. The summed E-state index contributed by atoms with van der Waals surface area (Å²) < 4.78 is 0. The average molecular weight is 228 g/mol. The summed E-state index contributed by atoms with van der Waals surface area (Å²) in [6.07, 6.45) is 1.52. The summed E-state index contributed by atoms with van der Waals surface area (Å²) in [5.74, 6) is 0.318. The third-order valence-corrected chi connectivity index (χ3v) is 2.23. The molecule has 1 amide bonds. The predicted octanol–water partition coefficient (Wildman–Crippen LogP) is 1.66. The Morgan fingerprint density at radius 1 is 1.53 bits per heavy atom. The topological polar surface area (TPSA) is 68.0 Å². The van der Waals surface area contributed by atoms with Crippen molar-refractivity contribution in [3.8, 4) is 0 Å². The zero-order valence-electron chi connectivity index (χ0n) is 8.70. The van der Waals surface area contributed by atoms with Crippen LogP contribution in [0.2, 0.25) is 5.02 Å². The van der Waals surface area contributed by atoms with Crippen molar-refractivity contribution in [3.63, 3.8) is 0 Å². The lowest BCUT2D eigenvalue weighted by Crippen LogP contribution is -2.39. The predicted molar refractivity (Wildman–Crippen MR) is 60.7 cm³/mol. The Bertz CT molecular complexity index is 337. The molecular formula is C10H14ClN3O.